The first-order valence-corrected chi connectivity index (χ1v) is 9.34. The highest BCUT2D eigenvalue weighted by Gasteiger charge is 2.61. The number of carbonyl (C=O) groups is 3. The van der Waals surface area contributed by atoms with Crippen LogP contribution in [0.5, 0.6) is 0 Å². The van der Waals surface area contributed by atoms with Gasteiger partial charge in [0.2, 0.25) is 11.8 Å². The van der Waals surface area contributed by atoms with Crippen LogP contribution in [0.15, 0.2) is 59.1 Å². The molecule has 27 heavy (non-hydrogen) atoms. The number of fused-ring (bicyclic) bond motifs is 1. The second-order valence-electron chi connectivity index (χ2n) is 6.60. The quantitative estimate of drug-likeness (QED) is 0.600. The van der Waals surface area contributed by atoms with Crippen LogP contribution in [0.3, 0.4) is 0 Å². The molecule has 0 aliphatic carbocycles. The number of esters is 1. The fraction of sp³-hybridized carbons (Fsp3) is 0.250. The number of rotatable bonds is 3. The van der Waals surface area contributed by atoms with Crippen molar-refractivity contribution in [2.45, 2.75) is 12.1 Å². The second-order valence-corrected chi connectivity index (χ2v) is 7.51. The Hall–Kier alpha value is -2.51. The highest BCUT2D eigenvalue weighted by atomic mass is 79.9. The van der Waals surface area contributed by atoms with Gasteiger partial charge in [-0.25, -0.2) is 4.90 Å². The summed E-state index contributed by atoms with van der Waals surface area (Å²) in [6.45, 7) is 0. The van der Waals surface area contributed by atoms with Crippen LogP contribution >= 0.6 is 15.9 Å². The van der Waals surface area contributed by atoms with E-state index in [1.54, 1.807) is 24.3 Å². The number of nitrogens with zero attached hydrogens (tertiary/aromatic N) is 1. The number of anilines is 1. The lowest BCUT2D eigenvalue weighted by Gasteiger charge is -2.22. The lowest BCUT2D eigenvalue weighted by Crippen LogP contribution is -2.43. The summed E-state index contributed by atoms with van der Waals surface area (Å²) in [6, 6.07) is 15.0. The monoisotopic (exact) mass is 428 g/mol. The van der Waals surface area contributed by atoms with Crippen LogP contribution in [0.2, 0.25) is 0 Å². The predicted octanol–water partition coefficient (Wildman–Crippen LogP) is 2.44. The van der Waals surface area contributed by atoms with Crippen molar-refractivity contribution in [3.8, 4) is 0 Å². The van der Waals surface area contributed by atoms with Gasteiger partial charge in [0.15, 0.2) is 0 Å². The van der Waals surface area contributed by atoms with E-state index in [9.17, 15) is 14.4 Å². The third-order valence-electron chi connectivity index (χ3n) is 5.15. The van der Waals surface area contributed by atoms with E-state index in [0.29, 0.717) is 5.69 Å². The Morgan fingerprint density at radius 3 is 2.41 bits per heavy atom. The molecule has 0 bridgehead atoms. The SMILES string of the molecule is COC(=O)[C@@H]1N[C@H](c2cccc(Br)c2)[C@@H]2C(=O)N(c3ccccc3)C(=O)[C@@H]21. The molecule has 2 amide bonds. The van der Waals surface area contributed by atoms with Crippen molar-refractivity contribution in [3.63, 3.8) is 0 Å². The molecule has 0 radical (unpaired) electrons. The molecule has 2 aromatic rings. The van der Waals surface area contributed by atoms with Crippen LogP contribution in [0.1, 0.15) is 11.6 Å². The lowest BCUT2D eigenvalue weighted by molar-refractivity contribution is -0.145. The van der Waals surface area contributed by atoms with Crippen LogP contribution in [-0.2, 0) is 19.1 Å². The van der Waals surface area contributed by atoms with Crippen molar-refractivity contribution in [2.24, 2.45) is 11.8 Å². The van der Waals surface area contributed by atoms with Crippen LogP contribution < -0.4 is 10.2 Å². The minimum Gasteiger partial charge on any atom is -0.468 e. The Morgan fingerprint density at radius 1 is 1.04 bits per heavy atom. The molecular formula is C20H17BrN2O4. The molecule has 0 spiro atoms. The number of benzene rings is 2. The van der Waals surface area contributed by atoms with Crippen LogP contribution in [0, 0.1) is 11.8 Å². The number of nitrogens with one attached hydrogen (secondary N) is 1. The summed E-state index contributed by atoms with van der Waals surface area (Å²) >= 11 is 3.43. The van der Waals surface area contributed by atoms with E-state index in [1.807, 2.05) is 30.3 Å². The molecule has 6 nitrogen and oxygen atoms in total. The number of hydrogen-bond donors (Lipinski definition) is 1. The number of carbonyl (C=O) groups excluding carboxylic acids is 3. The van der Waals surface area contributed by atoms with Crippen molar-refractivity contribution in [3.05, 3.63) is 64.6 Å². The molecule has 0 unspecified atom stereocenters. The van der Waals surface area contributed by atoms with Gasteiger partial charge in [-0.3, -0.25) is 19.7 Å². The van der Waals surface area contributed by atoms with E-state index in [4.69, 9.17) is 4.74 Å². The third-order valence-corrected chi connectivity index (χ3v) is 5.65. The normalized spacial score (nSPS) is 27.0. The number of imide groups is 1. The summed E-state index contributed by atoms with van der Waals surface area (Å²) in [5.74, 6) is -2.69. The van der Waals surface area contributed by atoms with E-state index >= 15 is 0 Å². The minimum absolute atomic E-state index is 0.305. The Balaban J connectivity index is 1.78. The smallest absolute Gasteiger partial charge is 0.323 e. The minimum atomic E-state index is -0.867. The second kappa shape index (κ2) is 6.90. The van der Waals surface area contributed by atoms with Crippen molar-refractivity contribution in [2.75, 3.05) is 12.0 Å². The Labute approximate surface area is 164 Å². The van der Waals surface area contributed by atoms with Crippen molar-refractivity contribution in [1.29, 1.82) is 0 Å². The van der Waals surface area contributed by atoms with E-state index in [-0.39, 0.29) is 11.8 Å². The molecule has 2 heterocycles. The zero-order valence-electron chi connectivity index (χ0n) is 14.5. The number of para-hydroxylation sites is 1. The zero-order chi connectivity index (χ0) is 19.1. The summed E-state index contributed by atoms with van der Waals surface area (Å²) in [4.78, 5) is 39.9. The van der Waals surface area contributed by atoms with Gasteiger partial charge in [0.05, 0.1) is 24.6 Å². The topological polar surface area (TPSA) is 75.7 Å². The Morgan fingerprint density at radius 2 is 1.74 bits per heavy atom. The maximum atomic E-state index is 13.2. The highest BCUT2D eigenvalue weighted by molar-refractivity contribution is 9.10. The maximum absolute atomic E-state index is 13.2. The molecular weight excluding hydrogens is 412 g/mol. The molecule has 2 aliphatic rings. The van der Waals surface area contributed by atoms with Gasteiger partial charge in [-0.15, -0.1) is 0 Å². The molecule has 4 atom stereocenters. The van der Waals surface area contributed by atoms with Crippen LogP contribution in [0.25, 0.3) is 0 Å². The highest BCUT2D eigenvalue weighted by Crippen LogP contribution is 2.45. The number of hydrogen-bond acceptors (Lipinski definition) is 5. The van der Waals surface area contributed by atoms with E-state index in [0.717, 1.165) is 10.0 Å². The van der Waals surface area contributed by atoms with Crippen molar-refractivity contribution >= 4 is 39.4 Å². The first-order valence-electron chi connectivity index (χ1n) is 8.55. The van der Waals surface area contributed by atoms with Gasteiger partial charge in [-0.2, -0.15) is 0 Å². The van der Waals surface area contributed by atoms with Gasteiger partial charge in [0, 0.05) is 10.5 Å². The number of halogens is 1. The summed E-state index contributed by atoms with van der Waals surface area (Å²) in [5.41, 5.74) is 1.35. The molecule has 2 fully saturated rings. The van der Waals surface area contributed by atoms with Crippen LogP contribution in [-0.4, -0.2) is 30.9 Å². The van der Waals surface area contributed by atoms with Gasteiger partial charge in [0.1, 0.15) is 6.04 Å². The van der Waals surface area contributed by atoms with E-state index in [1.165, 1.54) is 12.0 Å². The maximum Gasteiger partial charge on any atom is 0.323 e. The number of ether oxygens (including phenoxy) is 1. The molecule has 138 valence electrons. The molecule has 1 N–H and O–H groups in total. The molecule has 0 aromatic heterocycles. The fourth-order valence-electron chi connectivity index (χ4n) is 3.99. The fourth-order valence-corrected chi connectivity index (χ4v) is 4.41. The zero-order valence-corrected chi connectivity index (χ0v) is 16.0. The Bertz CT molecular complexity index is 917. The molecule has 0 saturated carbocycles. The van der Waals surface area contributed by atoms with Crippen molar-refractivity contribution < 1.29 is 19.1 Å². The first kappa shape index (κ1) is 17.9. The number of methoxy groups -OCH3 is 1. The van der Waals surface area contributed by atoms with Crippen molar-refractivity contribution in [1.82, 2.24) is 5.32 Å². The summed E-state index contributed by atoms with van der Waals surface area (Å²) in [6.07, 6.45) is 0. The van der Waals surface area contributed by atoms with Crippen LogP contribution in [0.4, 0.5) is 5.69 Å². The predicted molar refractivity (Wildman–Crippen MR) is 102 cm³/mol. The standard InChI is InChI=1S/C20H17BrN2O4/c1-27-20(26)17-15-14(16(22-17)11-6-5-7-12(21)10-11)18(24)23(19(15)25)13-8-3-2-4-9-13/h2-10,14-17,22H,1H3/t14-,15+,16-,17-/m1/s1. The lowest BCUT2D eigenvalue weighted by atomic mass is 9.86. The molecule has 2 aliphatic heterocycles. The molecule has 2 saturated heterocycles. The van der Waals surface area contributed by atoms with Gasteiger partial charge < -0.3 is 4.74 Å². The third kappa shape index (κ3) is 2.87. The molecule has 4 rings (SSSR count). The largest absolute Gasteiger partial charge is 0.468 e. The first-order chi connectivity index (χ1) is 13.0. The average molecular weight is 429 g/mol. The van der Waals surface area contributed by atoms with E-state index < -0.39 is 29.9 Å². The average Bonchev–Trinajstić information content (AvgIpc) is 3.19. The Kier molecular flexibility index (Phi) is 4.57. The molecule has 2 aromatic carbocycles. The van der Waals surface area contributed by atoms with Gasteiger partial charge >= 0.3 is 5.97 Å². The summed E-state index contributed by atoms with van der Waals surface area (Å²) in [5, 5.41) is 3.16. The number of amides is 2. The molecule has 7 heteroatoms. The summed E-state index contributed by atoms with van der Waals surface area (Å²) in [7, 11) is 1.28. The van der Waals surface area contributed by atoms with E-state index in [2.05, 4.69) is 21.2 Å². The van der Waals surface area contributed by atoms with Gasteiger partial charge in [0.25, 0.3) is 0 Å². The summed E-state index contributed by atoms with van der Waals surface area (Å²) < 4.78 is 5.74. The van der Waals surface area contributed by atoms with Gasteiger partial charge in [-0.05, 0) is 29.8 Å². The van der Waals surface area contributed by atoms with Gasteiger partial charge in [-0.1, -0.05) is 46.3 Å².